The Morgan fingerprint density at radius 1 is 0.969 bits per heavy atom. The summed E-state index contributed by atoms with van der Waals surface area (Å²) in [4.78, 5) is 38.2. The minimum atomic E-state index is -0.960. The van der Waals surface area contributed by atoms with E-state index in [0.29, 0.717) is 33.4 Å². The summed E-state index contributed by atoms with van der Waals surface area (Å²) in [5.74, 6) is -1.23. The van der Waals surface area contributed by atoms with E-state index in [1.807, 2.05) is 30.3 Å². The normalized spacial score (nSPS) is 12.0. The molecule has 32 heavy (non-hydrogen) atoms. The molecule has 1 atom stereocenters. The first-order valence-electron chi connectivity index (χ1n) is 10.1. The van der Waals surface area contributed by atoms with Crippen molar-refractivity contribution < 1.29 is 23.5 Å². The molecule has 1 aromatic heterocycles. The van der Waals surface area contributed by atoms with Gasteiger partial charge in [0.05, 0.1) is 20.1 Å². The van der Waals surface area contributed by atoms with Crippen LogP contribution in [0.25, 0.3) is 21.7 Å². The number of carbonyl (C=O) groups is 2. The van der Waals surface area contributed by atoms with E-state index in [0.717, 1.165) is 10.8 Å². The smallest absolute Gasteiger partial charge is 0.336 e. The average Bonchev–Trinajstić information content (AvgIpc) is 2.81. The van der Waals surface area contributed by atoms with Crippen LogP contribution >= 0.6 is 0 Å². The van der Waals surface area contributed by atoms with Gasteiger partial charge in [0, 0.05) is 29.0 Å². The fourth-order valence-electron chi connectivity index (χ4n) is 4.01. The Labute approximate surface area is 184 Å². The molecule has 4 rings (SSSR count). The number of methoxy groups -OCH3 is 2. The van der Waals surface area contributed by atoms with Crippen LogP contribution in [0.15, 0.2) is 69.9 Å². The summed E-state index contributed by atoms with van der Waals surface area (Å²) in [7, 11) is 2.79. The second-order valence-electron chi connectivity index (χ2n) is 7.56. The van der Waals surface area contributed by atoms with Gasteiger partial charge in [-0.2, -0.15) is 0 Å². The number of benzene rings is 3. The molecule has 0 N–H and O–H groups in total. The molecule has 1 heterocycles. The maximum absolute atomic E-state index is 13.2. The van der Waals surface area contributed by atoms with E-state index in [4.69, 9.17) is 13.9 Å². The van der Waals surface area contributed by atoms with E-state index in [9.17, 15) is 14.4 Å². The third kappa shape index (κ3) is 3.87. The van der Waals surface area contributed by atoms with Crippen molar-refractivity contribution in [3.05, 3.63) is 87.8 Å². The lowest BCUT2D eigenvalue weighted by Gasteiger charge is -2.17. The molecule has 0 saturated heterocycles. The quantitative estimate of drug-likeness (QED) is 0.248. The maximum atomic E-state index is 13.2. The van der Waals surface area contributed by atoms with Gasteiger partial charge in [-0.3, -0.25) is 9.59 Å². The summed E-state index contributed by atoms with van der Waals surface area (Å²) in [6, 6.07) is 17.9. The first kappa shape index (κ1) is 21.3. The van der Waals surface area contributed by atoms with Crippen molar-refractivity contribution in [2.24, 2.45) is 0 Å². The summed E-state index contributed by atoms with van der Waals surface area (Å²) in [6.45, 7) is 1.77. The Bertz CT molecular complexity index is 1400. The number of aryl methyl sites for hydroxylation is 1. The van der Waals surface area contributed by atoms with Crippen molar-refractivity contribution in [2.75, 3.05) is 14.2 Å². The SMILES string of the molecule is COC(=O)[C@H](CC(=O)c1ccc2ccccc2c1)c1cc(=O)oc2c(C)c(OC)ccc12. The molecule has 6 nitrogen and oxygen atoms in total. The molecular weight excluding hydrogens is 408 g/mol. The zero-order valence-electron chi connectivity index (χ0n) is 18.0. The van der Waals surface area contributed by atoms with Crippen molar-refractivity contribution in [3.63, 3.8) is 0 Å². The average molecular weight is 430 g/mol. The molecule has 6 heteroatoms. The molecule has 0 unspecified atom stereocenters. The van der Waals surface area contributed by atoms with Crippen LogP contribution in [0.2, 0.25) is 0 Å². The van der Waals surface area contributed by atoms with Crippen LogP contribution in [0, 0.1) is 6.92 Å². The van der Waals surface area contributed by atoms with Gasteiger partial charge >= 0.3 is 11.6 Å². The first-order chi connectivity index (χ1) is 15.4. The maximum Gasteiger partial charge on any atom is 0.336 e. The summed E-state index contributed by atoms with van der Waals surface area (Å²) in [6.07, 6.45) is -0.144. The third-order valence-corrected chi connectivity index (χ3v) is 5.69. The number of hydrogen-bond acceptors (Lipinski definition) is 6. The van der Waals surface area contributed by atoms with E-state index in [1.165, 1.54) is 20.3 Å². The highest BCUT2D eigenvalue weighted by Crippen LogP contribution is 2.33. The molecule has 0 aliphatic carbocycles. The zero-order valence-corrected chi connectivity index (χ0v) is 18.0. The second kappa shape index (κ2) is 8.67. The van der Waals surface area contributed by atoms with E-state index in [1.54, 1.807) is 31.2 Å². The Morgan fingerprint density at radius 3 is 2.44 bits per heavy atom. The number of Topliss-reactive ketones (excluding diaryl/α,β-unsaturated/α-hetero) is 1. The second-order valence-corrected chi connectivity index (χ2v) is 7.56. The number of hydrogen-bond donors (Lipinski definition) is 0. The zero-order chi connectivity index (χ0) is 22.8. The third-order valence-electron chi connectivity index (χ3n) is 5.69. The van der Waals surface area contributed by atoms with E-state index in [2.05, 4.69) is 0 Å². The van der Waals surface area contributed by atoms with Gasteiger partial charge in [-0.1, -0.05) is 36.4 Å². The highest BCUT2D eigenvalue weighted by atomic mass is 16.5. The standard InChI is InChI=1S/C26H22O6/c1-15-23(30-2)11-10-19-20(14-24(28)32-25(15)19)21(26(29)31-3)13-22(27)18-9-8-16-6-4-5-7-17(16)12-18/h4-12,14,21H,13H2,1-3H3/t21-/m1/s1. The molecule has 0 fully saturated rings. The fraction of sp³-hybridized carbons (Fsp3) is 0.192. The number of fused-ring (bicyclic) bond motifs is 2. The number of rotatable bonds is 6. The van der Waals surface area contributed by atoms with Gasteiger partial charge in [-0.05, 0) is 41.5 Å². The van der Waals surface area contributed by atoms with Crippen molar-refractivity contribution in [1.82, 2.24) is 0 Å². The van der Waals surface area contributed by atoms with E-state index < -0.39 is 17.5 Å². The van der Waals surface area contributed by atoms with E-state index in [-0.39, 0.29) is 12.2 Å². The first-order valence-corrected chi connectivity index (χ1v) is 10.1. The molecule has 162 valence electrons. The fourth-order valence-corrected chi connectivity index (χ4v) is 4.01. The summed E-state index contributed by atoms with van der Waals surface area (Å²) < 4.78 is 15.7. The number of carbonyl (C=O) groups excluding carboxylic acids is 2. The minimum Gasteiger partial charge on any atom is -0.496 e. The van der Waals surface area contributed by atoms with Crippen LogP contribution in [0.3, 0.4) is 0 Å². The predicted molar refractivity (Wildman–Crippen MR) is 121 cm³/mol. The van der Waals surface area contributed by atoms with Gasteiger partial charge in [-0.25, -0.2) is 4.79 Å². The van der Waals surface area contributed by atoms with Gasteiger partial charge < -0.3 is 13.9 Å². The number of esters is 1. The van der Waals surface area contributed by atoms with Gasteiger partial charge in [0.25, 0.3) is 0 Å². The Hall–Kier alpha value is -3.93. The number of ether oxygens (including phenoxy) is 2. The van der Waals surface area contributed by atoms with Crippen molar-refractivity contribution in [1.29, 1.82) is 0 Å². The molecule has 0 aliphatic rings. The summed E-state index contributed by atoms with van der Waals surface area (Å²) in [5, 5.41) is 2.51. The topological polar surface area (TPSA) is 82.8 Å². The highest BCUT2D eigenvalue weighted by molar-refractivity contribution is 6.03. The summed E-state index contributed by atoms with van der Waals surface area (Å²) >= 11 is 0. The lowest BCUT2D eigenvalue weighted by molar-refractivity contribution is -0.142. The van der Waals surface area contributed by atoms with Gasteiger partial charge in [0.2, 0.25) is 0 Å². The largest absolute Gasteiger partial charge is 0.496 e. The molecule has 4 aromatic rings. The Balaban J connectivity index is 1.79. The predicted octanol–water partition coefficient (Wildman–Crippen LogP) is 4.79. The van der Waals surface area contributed by atoms with Crippen LogP contribution in [0.4, 0.5) is 0 Å². The summed E-state index contributed by atoms with van der Waals surface area (Å²) in [5.41, 5.74) is 1.22. The van der Waals surface area contributed by atoms with Crippen LogP contribution in [-0.4, -0.2) is 26.0 Å². The van der Waals surface area contributed by atoms with Crippen molar-refractivity contribution in [2.45, 2.75) is 19.3 Å². The monoisotopic (exact) mass is 430 g/mol. The molecule has 0 aliphatic heterocycles. The van der Waals surface area contributed by atoms with Crippen LogP contribution in [0.1, 0.15) is 33.8 Å². The Kier molecular flexibility index (Phi) is 5.77. The molecular formula is C26H22O6. The minimum absolute atomic E-state index is 0.144. The molecule has 0 amide bonds. The van der Waals surface area contributed by atoms with E-state index >= 15 is 0 Å². The number of ketones is 1. The lowest BCUT2D eigenvalue weighted by atomic mass is 9.89. The molecule has 3 aromatic carbocycles. The van der Waals surface area contributed by atoms with Crippen molar-refractivity contribution >= 4 is 33.5 Å². The van der Waals surface area contributed by atoms with Gasteiger partial charge in [-0.15, -0.1) is 0 Å². The van der Waals surface area contributed by atoms with Crippen molar-refractivity contribution in [3.8, 4) is 5.75 Å². The van der Waals surface area contributed by atoms with Crippen LogP contribution in [0.5, 0.6) is 5.75 Å². The Morgan fingerprint density at radius 2 is 1.72 bits per heavy atom. The lowest BCUT2D eigenvalue weighted by Crippen LogP contribution is -2.20. The van der Waals surface area contributed by atoms with Crippen LogP contribution < -0.4 is 10.4 Å². The van der Waals surface area contributed by atoms with Gasteiger partial charge in [0.15, 0.2) is 5.78 Å². The highest BCUT2D eigenvalue weighted by Gasteiger charge is 2.28. The molecule has 0 spiro atoms. The van der Waals surface area contributed by atoms with Gasteiger partial charge in [0.1, 0.15) is 11.3 Å². The molecule has 0 saturated carbocycles. The van der Waals surface area contributed by atoms with Crippen LogP contribution in [-0.2, 0) is 9.53 Å². The molecule has 0 radical (unpaired) electrons. The molecule has 0 bridgehead atoms.